The van der Waals surface area contributed by atoms with Gasteiger partial charge < -0.3 is 9.15 Å². The second-order valence-electron chi connectivity index (χ2n) is 6.40. The van der Waals surface area contributed by atoms with Gasteiger partial charge in [-0.1, -0.05) is 25.5 Å². The lowest BCUT2D eigenvalue weighted by Crippen LogP contribution is -2.13. The Labute approximate surface area is 139 Å². The first kappa shape index (κ1) is 16.2. The maximum Gasteiger partial charge on any atom is 0.340 e. The third-order valence-corrected chi connectivity index (χ3v) is 3.78. The summed E-state index contributed by atoms with van der Waals surface area (Å²) in [6.45, 7) is 7.85. The lowest BCUT2D eigenvalue weighted by atomic mass is 10.1. The average Bonchev–Trinajstić information content (AvgIpc) is 2.53. The first-order valence-electron chi connectivity index (χ1n) is 7.88. The maximum atomic E-state index is 12.7. The Hall–Kier alpha value is -2.69. The molecule has 0 N–H and O–H groups in total. The highest BCUT2D eigenvalue weighted by Crippen LogP contribution is 2.21. The minimum atomic E-state index is -0.473. The monoisotopic (exact) mass is 325 g/mol. The SMILES string of the molecule is Cc1ccc2oc3nc(C)c(C(=O)OCC(C)C)cc3c(=O)c2c1. The summed E-state index contributed by atoms with van der Waals surface area (Å²) in [5, 5.41) is 0.768. The molecule has 0 saturated heterocycles. The smallest absolute Gasteiger partial charge is 0.340 e. The summed E-state index contributed by atoms with van der Waals surface area (Å²) in [7, 11) is 0. The largest absolute Gasteiger partial charge is 0.462 e. The zero-order valence-corrected chi connectivity index (χ0v) is 14.2. The molecule has 5 nitrogen and oxygen atoms in total. The summed E-state index contributed by atoms with van der Waals surface area (Å²) in [4.78, 5) is 29.3. The van der Waals surface area contributed by atoms with E-state index in [1.807, 2.05) is 26.8 Å². The highest BCUT2D eigenvalue weighted by atomic mass is 16.5. The number of esters is 1. The van der Waals surface area contributed by atoms with E-state index in [4.69, 9.17) is 9.15 Å². The summed E-state index contributed by atoms with van der Waals surface area (Å²) in [5.74, 6) is -0.237. The van der Waals surface area contributed by atoms with Gasteiger partial charge in [0.25, 0.3) is 0 Å². The summed E-state index contributed by atoms with van der Waals surface area (Å²) in [5.41, 5.74) is 2.26. The topological polar surface area (TPSA) is 69.4 Å². The van der Waals surface area contributed by atoms with E-state index in [-0.39, 0.29) is 22.4 Å². The molecule has 0 saturated carbocycles. The number of nitrogens with zero attached hydrogens (tertiary/aromatic N) is 1. The van der Waals surface area contributed by atoms with E-state index in [1.54, 1.807) is 19.1 Å². The van der Waals surface area contributed by atoms with Crippen molar-refractivity contribution in [3.05, 3.63) is 51.3 Å². The first-order chi connectivity index (χ1) is 11.4. The lowest BCUT2D eigenvalue weighted by Gasteiger charge is -2.09. The highest BCUT2D eigenvalue weighted by Gasteiger charge is 2.17. The van der Waals surface area contributed by atoms with Gasteiger partial charge >= 0.3 is 5.97 Å². The van der Waals surface area contributed by atoms with Gasteiger partial charge in [-0.05, 0) is 38.0 Å². The van der Waals surface area contributed by atoms with Gasteiger partial charge in [0, 0.05) is 0 Å². The van der Waals surface area contributed by atoms with E-state index in [0.717, 1.165) is 5.56 Å². The standard InChI is InChI=1S/C19H19NO4/c1-10(2)9-23-19(22)13-8-15-17(21)14-7-11(3)5-6-16(14)24-18(15)20-12(13)4/h5-8,10H,9H2,1-4H3. The Bertz CT molecular complexity index is 1000. The number of pyridine rings is 1. The quantitative estimate of drug-likeness (QED) is 0.541. The lowest BCUT2D eigenvalue weighted by molar-refractivity contribution is 0.0458. The molecule has 0 aliphatic carbocycles. The maximum absolute atomic E-state index is 12.7. The number of carbonyl (C=O) groups excluding carboxylic acids is 1. The third-order valence-electron chi connectivity index (χ3n) is 3.78. The van der Waals surface area contributed by atoms with Crippen molar-refractivity contribution in [3.63, 3.8) is 0 Å². The number of hydrogen-bond acceptors (Lipinski definition) is 5. The number of ether oxygens (including phenoxy) is 1. The molecule has 3 aromatic rings. The van der Waals surface area contributed by atoms with Crippen molar-refractivity contribution in [1.29, 1.82) is 0 Å². The van der Waals surface area contributed by atoms with Gasteiger partial charge in [0.2, 0.25) is 11.1 Å². The van der Waals surface area contributed by atoms with Crippen molar-refractivity contribution in [1.82, 2.24) is 4.98 Å². The number of aryl methyl sites for hydroxylation is 2. The molecule has 0 radical (unpaired) electrons. The number of carbonyl (C=O) groups is 1. The van der Waals surface area contributed by atoms with Crippen molar-refractivity contribution in [2.24, 2.45) is 5.92 Å². The Balaban J connectivity index is 2.18. The molecule has 3 rings (SSSR count). The van der Waals surface area contributed by atoms with Crippen LogP contribution in [0.2, 0.25) is 0 Å². The minimum absolute atomic E-state index is 0.194. The molecule has 0 aliphatic heterocycles. The van der Waals surface area contributed by atoms with E-state index in [0.29, 0.717) is 28.8 Å². The van der Waals surface area contributed by atoms with Crippen LogP contribution in [0.15, 0.2) is 33.5 Å². The number of aromatic nitrogens is 1. The average molecular weight is 325 g/mol. The first-order valence-corrected chi connectivity index (χ1v) is 7.88. The summed E-state index contributed by atoms with van der Waals surface area (Å²) < 4.78 is 11.0. The Morgan fingerprint density at radius 1 is 1.21 bits per heavy atom. The summed E-state index contributed by atoms with van der Waals surface area (Å²) >= 11 is 0. The fourth-order valence-electron chi connectivity index (χ4n) is 2.51. The van der Waals surface area contributed by atoms with Gasteiger partial charge in [-0.2, -0.15) is 0 Å². The molecule has 2 heterocycles. The fraction of sp³-hybridized carbons (Fsp3) is 0.316. The zero-order chi connectivity index (χ0) is 17.4. The zero-order valence-electron chi connectivity index (χ0n) is 14.2. The molecule has 24 heavy (non-hydrogen) atoms. The van der Waals surface area contributed by atoms with Crippen molar-refractivity contribution in [2.75, 3.05) is 6.61 Å². The van der Waals surface area contributed by atoms with Crippen molar-refractivity contribution in [2.45, 2.75) is 27.7 Å². The van der Waals surface area contributed by atoms with Gasteiger partial charge in [-0.3, -0.25) is 4.79 Å². The van der Waals surface area contributed by atoms with E-state index in [1.165, 1.54) is 6.07 Å². The van der Waals surface area contributed by atoms with Crippen LogP contribution in [0.4, 0.5) is 0 Å². The molecule has 0 bridgehead atoms. The predicted molar refractivity (Wildman–Crippen MR) is 92.4 cm³/mol. The molecule has 5 heteroatoms. The van der Waals surface area contributed by atoms with Crippen LogP contribution >= 0.6 is 0 Å². The van der Waals surface area contributed by atoms with Crippen LogP contribution in [0.5, 0.6) is 0 Å². The molecule has 0 aliphatic rings. The van der Waals surface area contributed by atoms with Gasteiger partial charge in [-0.25, -0.2) is 9.78 Å². The van der Waals surface area contributed by atoms with Crippen molar-refractivity contribution < 1.29 is 13.9 Å². The van der Waals surface area contributed by atoms with Gasteiger partial charge in [0.1, 0.15) is 5.58 Å². The molecule has 1 aromatic carbocycles. The predicted octanol–water partition coefficient (Wildman–Crippen LogP) is 3.77. The van der Waals surface area contributed by atoms with Crippen LogP contribution in [-0.4, -0.2) is 17.6 Å². The Kier molecular flexibility index (Phi) is 4.09. The van der Waals surface area contributed by atoms with Crippen molar-refractivity contribution >= 4 is 28.0 Å². The Morgan fingerprint density at radius 3 is 2.67 bits per heavy atom. The Morgan fingerprint density at radius 2 is 1.96 bits per heavy atom. The fourth-order valence-corrected chi connectivity index (χ4v) is 2.51. The van der Waals surface area contributed by atoms with Crippen LogP contribution in [0.25, 0.3) is 22.1 Å². The van der Waals surface area contributed by atoms with Gasteiger partial charge in [0.05, 0.1) is 28.6 Å². The molecule has 0 spiro atoms. The molecule has 0 atom stereocenters. The van der Waals surface area contributed by atoms with E-state index >= 15 is 0 Å². The van der Waals surface area contributed by atoms with Crippen LogP contribution < -0.4 is 5.43 Å². The number of hydrogen-bond donors (Lipinski definition) is 0. The second kappa shape index (κ2) is 6.07. The normalized spacial score (nSPS) is 11.4. The van der Waals surface area contributed by atoms with Crippen LogP contribution in [0.3, 0.4) is 0 Å². The molecule has 0 amide bonds. The second-order valence-corrected chi connectivity index (χ2v) is 6.40. The van der Waals surface area contributed by atoms with Gasteiger partial charge in [-0.15, -0.1) is 0 Å². The number of rotatable bonds is 3. The molecule has 124 valence electrons. The van der Waals surface area contributed by atoms with Crippen LogP contribution in [0, 0.1) is 19.8 Å². The minimum Gasteiger partial charge on any atom is -0.462 e. The van der Waals surface area contributed by atoms with Crippen LogP contribution in [-0.2, 0) is 4.74 Å². The van der Waals surface area contributed by atoms with Crippen molar-refractivity contribution in [3.8, 4) is 0 Å². The number of benzene rings is 1. The molecular formula is C19H19NO4. The molecule has 0 unspecified atom stereocenters. The molecule has 2 aromatic heterocycles. The number of fused-ring (bicyclic) bond motifs is 2. The summed E-state index contributed by atoms with van der Waals surface area (Å²) in [6.07, 6.45) is 0. The molecule has 0 fully saturated rings. The third kappa shape index (κ3) is 2.89. The summed E-state index contributed by atoms with van der Waals surface area (Å²) in [6, 6.07) is 6.93. The van der Waals surface area contributed by atoms with Gasteiger partial charge in [0.15, 0.2) is 0 Å². The van der Waals surface area contributed by atoms with Crippen LogP contribution in [0.1, 0.15) is 35.5 Å². The van der Waals surface area contributed by atoms with E-state index < -0.39 is 5.97 Å². The molecular weight excluding hydrogens is 306 g/mol. The highest BCUT2D eigenvalue weighted by molar-refractivity contribution is 5.96. The van der Waals surface area contributed by atoms with E-state index in [2.05, 4.69) is 4.98 Å². The van der Waals surface area contributed by atoms with E-state index in [9.17, 15) is 9.59 Å².